The summed E-state index contributed by atoms with van der Waals surface area (Å²) >= 11 is 0. The van der Waals surface area contributed by atoms with E-state index in [0.717, 1.165) is 0 Å². The first-order valence-corrected chi connectivity index (χ1v) is 6.94. The molecule has 3 N–H and O–H groups in total. The number of nitrogens with zero attached hydrogens (tertiary/aromatic N) is 2. The number of aryl methyl sites for hydroxylation is 1. The average molecular weight is 319 g/mol. The highest BCUT2D eigenvalue weighted by Gasteiger charge is 2.20. The van der Waals surface area contributed by atoms with E-state index in [1.165, 1.54) is 25.1 Å². The van der Waals surface area contributed by atoms with Crippen molar-refractivity contribution in [2.45, 2.75) is 13.0 Å². The lowest BCUT2D eigenvalue weighted by molar-refractivity contribution is -0.118. The Hall–Kier alpha value is -2.74. The van der Waals surface area contributed by atoms with E-state index in [1.54, 1.807) is 31.2 Å². The number of benzene rings is 1. The summed E-state index contributed by atoms with van der Waals surface area (Å²) in [5, 5.41) is 12.0. The topological polar surface area (TPSA) is 88.1 Å². The van der Waals surface area contributed by atoms with Crippen molar-refractivity contribution < 1.29 is 14.0 Å². The summed E-state index contributed by atoms with van der Waals surface area (Å²) < 4.78 is 15.2. The predicted molar refractivity (Wildman–Crippen MR) is 84.3 cm³/mol. The van der Waals surface area contributed by atoms with Crippen molar-refractivity contribution in [1.82, 2.24) is 15.1 Å². The molecule has 2 aromatic rings. The minimum atomic E-state index is -0.599. The number of anilines is 2. The average Bonchev–Trinajstić information content (AvgIpc) is 2.89. The Morgan fingerprint density at radius 3 is 2.61 bits per heavy atom. The molecule has 2 amide bonds. The Bertz CT molecular complexity index is 728. The number of amides is 2. The highest BCUT2D eigenvalue weighted by atomic mass is 19.1. The fraction of sp³-hybridized carbons (Fsp3) is 0.267. The van der Waals surface area contributed by atoms with E-state index < -0.39 is 17.8 Å². The minimum Gasteiger partial charge on any atom is -0.324 e. The van der Waals surface area contributed by atoms with Gasteiger partial charge in [0, 0.05) is 31.4 Å². The van der Waals surface area contributed by atoms with Gasteiger partial charge in [0.05, 0.1) is 11.9 Å². The number of hydrogen-bond donors (Lipinski definition) is 3. The molecule has 1 aromatic carbocycles. The van der Waals surface area contributed by atoms with Crippen LogP contribution >= 0.6 is 0 Å². The second kappa shape index (κ2) is 7.01. The first-order chi connectivity index (χ1) is 10.9. The van der Waals surface area contributed by atoms with Crippen LogP contribution < -0.4 is 16.0 Å². The number of likely N-dealkylation sites (N-methyl/N-ethyl adjacent to an activating group) is 1. The molecule has 0 bridgehead atoms. The molecule has 0 spiro atoms. The van der Waals surface area contributed by atoms with Gasteiger partial charge in [-0.25, -0.2) is 4.39 Å². The van der Waals surface area contributed by atoms with Crippen LogP contribution in [0.1, 0.15) is 18.5 Å². The zero-order valence-electron chi connectivity index (χ0n) is 13.1. The first-order valence-electron chi connectivity index (χ1n) is 6.94. The van der Waals surface area contributed by atoms with Crippen molar-refractivity contribution >= 4 is 23.2 Å². The summed E-state index contributed by atoms with van der Waals surface area (Å²) in [5.74, 6) is -1.28. The Kier molecular flexibility index (Phi) is 5.07. The Balaban J connectivity index is 2.17. The van der Waals surface area contributed by atoms with Crippen LogP contribution in [0.15, 0.2) is 30.6 Å². The molecule has 7 nitrogen and oxygen atoms in total. The predicted octanol–water partition coefficient (Wildman–Crippen LogP) is 1.42. The number of rotatable bonds is 5. The van der Waals surface area contributed by atoms with E-state index in [9.17, 15) is 14.0 Å². The van der Waals surface area contributed by atoms with Crippen LogP contribution in [-0.2, 0) is 16.6 Å². The zero-order valence-corrected chi connectivity index (χ0v) is 13.1. The van der Waals surface area contributed by atoms with E-state index in [4.69, 9.17) is 0 Å². The third-order valence-corrected chi connectivity index (χ3v) is 3.15. The second-order valence-electron chi connectivity index (χ2n) is 5.03. The van der Waals surface area contributed by atoms with Crippen molar-refractivity contribution in [2.24, 2.45) is 7.05 Å². The fourth-order valence-corrected chi connectivity index (χ4v) is 2.14. The maximum absolute atomic E-state index is 13.6. The van der Waals surface area contributed by atoms with Gasteiger partial charge in [-0.3, -0.25) is 14.3 Å². The van der Waals surface area contributed by atoms with E-state index >= 15 is 0 Å². The van der Waals surface area contributed by atoms with Crippen LogP contribution in [0.4, 0.5) is 15.8 Å². The van der Waals surface area contributed by atoms with Crippen LogP contribution in [0.2, 0.25) is 0 Å². The van der Waals surface area contributed by atoms with Crippen LogP contribution in [-0.4, -0.2) is 28.6 Å². The Labute approximate surface area is 132 Å². The van der Waals surface area contributed by atoms with Gasteiger partial charge >= 0.3 is 0 Å². The SMILES string of the molecule is CNC(C(=O)Nc1ccc(F)c(NC(C)=O)c1)c1cnn(C)c1. The Morgan fingerprint density at radius 1 is 1.30 bits per heavy atom. The number of aromatic nitrogens is 2. The van der Waals surface area contributed by atoms with Crippen molar-refractivity contribution in [3.8, 4) is 0 Å². The number of nitrogens with one attached hydrogen (secondary N) is 3. The quantitative estimate of drug-likeness (QED) is 0.778. The molecule has 0 aliphatic carbocycles. The largest absolute Gasteiger partial charge is 0.324 e. The number of halogens is 1. The molecular formula is C15H18FN5O2. The van der Waals surface area contributed by atoms with Gasteiger partial charge in [-0.2, -0.15) is 5.10 Å². The maximum Gasteiger partial charge on any atom is 0.246 e. The molecule has 1 unspecified atom stereocenters. The van der Waals surface area contributed by atoms with E-state index in [1.807, 2.05) is 0 Å². The highest BCUT2D eigenvalue weighted by Crippen LogP contribution is 2.21. The van der Waals surface area contributed by atoms with Crippen LogP contribution in [0.3, 0.4) is 0 Å². The van der Waals surface area contributed by atoms with Gasteiger partial charge in [0.15, 0.2) is 0 Å². The highest BCUT2D eigenvalue weighted by molar-refractivity contribution is 5.96. The zero-order chi connectivity index (χ0) is 17.0. The molecule has 0 saturated heterocycles. The van der Waals surface area contributed by atoms with Gasteiger partial charge in [-0.15, -0.1) is 0 Å². The smallest absolute Gasteiger partial charge is 0.246 e. The molecule has 0 saturated carbocycles. The molecule has 2 rings (SSSR count). The molecule has 1 heterocycles. The molecule has 0 radical (unpaired) electrons. The molecule has 0 aliphatic heterocycles. The standard InChI is InChI=1S/C15H18FN5O2/c1-9(22)19-13-6-11(4-5-12(13)16)20-15(23)14(17-2)10-7-18-21(3)8-10/h4-8,14,17H,1-3H3,(H,19,22)(H,20,23). The third-order valence-electron chi connectivity index (χ3n) is 3.15. The summed E-state index contributed by atoms with van der Waals surface area (Å²) in [4.78, 5) is 23.4. The third kappa shape index (κ3) is 4.13. The van der Waals surface area contributed by atoms with Gasteiger partial charge in [0.25, 0.3) is 0 Å². The summed E-state index contributed by atoms with van der Waals surface area (Å²) in [5.41, 5.74) is 1.10. The Morgan fingerprint density at radius 2 is 2.04 bits per heavy atom. The summed E-state index contributed by atoms with van der Waals surface area (Å²) in [6.45, 7) is 1.28. The summed E-state index contributed by atoms with van der Waals surface area (Å²) in [7, 11) is 3.42. The van der Waals surface area contributed by atoms with Crippen molar-refractivity contribution in [1.29, 1.82) is 0 Å². The van der Waals surface area contributed by atoms with E-state index in [0.29, 0.717) is 11.3 Å². The lowest BCUT2D eigenvalue weighted by Crippen LogP contribution is -2.30. The van der Waals surface area contributed by atoms with Crippen molar-refractivity contribution in [2.75, 3.05) is 17.7 Å². The molecular weight excluding hydrogens is 301 g/mol. The van der Waals surface area contributed by atoms with Crippen LogP contribution in [0.25, 0.3) is 0 Å². The number of carbonyl (C=O) groups excluding carboxylic acids is 2. The van der Waals surface area contributed by atoms with E-state index in [2.05, 4.69) is 21.0 Å². The molecule has 0 fully saturated rings. The van der Waals surface area contributed by atoms with E-state index in [-0.39, 0.29) is 11.6 Å². The number of hydrogen-bond acceptors (Lipinski definition) is 4. The lowest BCUT2D eigenvalue weighted by atomic mass is 10.1. The molecule has 0 aliphatic rings. The van der Waals surface area contributed by atoms with Gasteiger partial charge in [0.1, 0.15) is 11.9 Å². The van der Waals surface area contributed by atoms with Crippen molar-refractivity contribution in [3.05, 3.63) is 42.0 Å². The molecule has 8 heteroatoms. The first kappa shape index (κ1) is 16.6. The van der Waals surface area contributed by atoms with Crippen LogP contribution in [0, 0.1) is 5.82 Å². The van der Waals surface area contributed by atoms with Crippen LogP contribution in [0.5, 0.6) is 0 Å². The summed E-state index contributed by atoms with van der Waals surface area (Å²) in [6.07, 6.45) is 3.32. The molecule has 122 valence electrons. The molecule has 1 atom stereocenters. The fourth-order valence-electron chi connectivity index (χ4n) is 2.14. The number of carbonyl (C=O) groups is 2. The van der Waals surface area contributed by atoms with Gasteiger partial charge in [-0.05, 0) is 25.2 Å². The van der Waals surface area contributed by atoms with Gasteiger partial charge in [0.2, 0.25) is 11.8 Å². The molecule has 23 heavy (non-hydrogen) atoms. The van der Waals surface area contributed by atoms with Gasteiger partial charge in [-0.1, -0.05) is 0 Å². The maximum atomic E-state index is 13.6. The van der Waals surface area contributed by atoms with Crippen molar-refractivity contribution in [3.63, 3.8) is 0 Å². The minimum absolute atomic E-state index is 0.0117. The van der Waals surface area contributed by atoms with Gasteiger partial charge < -0.3 is 16.0 Å². The summed E-state index contributed by atoms with van der Waals surface area (Å²) in [6, 6.07) is 3.37. The molecule has 1 aromatic heterocycles. The monoisotopic (exact) mass is 319 g/mol. The lowest BCUT2D eigenvalue weighted by Gasteiger charge is -2.15. The normalized spacial score (nSPS) is 11.8. The second-order valence-corrected chi connectivity index (χ2v) is 5.03.